The second-order valence-electron chi connectivity index (χ2n) is 7.08. The number of amides is 1. The van der Waals surface area contributed by atoms with Crippen molar-refractivity contribution < 1.29 is 9.53 Å². The SMILES string of the molecule is COc1ccc(CN2CC(c3ccncc3)C3=C(CCCC3)C2=O)cc1. The third-order valence-electron chi connectivity index (χ3n) is 5.52. The number of benzene rings is 1. The first-order valence-corrected chi connectivity index (χ1v) is 9.30. The zero-order chi connectivity index (χ0) is 17.9. The number of aromatic nitrogens is 1. The number of ether oxygens (including phenoxy) is 1. The Morgan fingerprint density at radius 2 is 1.81 bits per heavy atom. The van der Waals surface area contributed by atoms with Crippen LogP contribution in [0, 0.1) is 0 Å². The number of nitrogens with zero attached hydrogens (tertiary/aromatic N) is 2. The zero-order valence-corrected chi connectivity index (χ0v) is 15.1. The second kappa shape index (κ2) is 7.32. The number of rotatable bonds is 4. The molecule has 134 valence electrons. The maximum Gasteiger partial charge on any atom is 0.250 e. The lowest BCUT2D eigenvalue weighted by atomic mass is 9.77. The van der Waals surface area contributed by atoms with E-state index in [1.165, 1.54) is 17.6 Å². The molecule has 1 atom stereocenters. The molecule has 2 heterocycles. The lowest BCUT2D eigenvalue weighted by molar-refractivity contribution is -0.129. The quantitative estimate of drug-likeness (QED) is 0.836. The molecule has 26 heavy (non-hydrogen) atoms. The summed E-state index contributed by atoms with van der Waals surface area (Å²) in [7, 11) is 1.67. The molecular weight excluding hydrogens is 324 g/mol. The minimum atomic E-state index is 0.223. The number of pyridine rings is 1. The highest BCUT2D eigenvalue weighted by atomic mass is 16.5. The van der Waals surface area contributed by atoms with Crippen LogP contribution in [-0.4, -0.2) is 29.4 Å². The van der Waals surface area contributed by atoms with Gasteiger partial charge in [0.05, 0.1) is 7.11 Å². The van der Waals surface area contributed by atoms with Crippen molar-refractivity contribution in [2.45, 2.75) is 38.1 Å². The summed E-state index contributed by atoms with van der Waals surface area (Å²) >= 11 is 0. The van der Waals surface area contributed by atoms with Crippen LogP contribution in [0.15, 0.2) is 59.9 Å². The van der Waals surface area contributed by atoms with Crippen molar-refractivity contribution in [1.82, 2.24) is 9.88 Å². The number of carbonyl (C=O) groups is 1. The van der Waals surface area contributed by atoms with Gasteiger partial charge in [0, 0.05) is 37.0 Å². The Labute approximate surface area is 154 Å². The number of hydrogen-bond donors (Lipinski definition) is 0. The molecule has 4 nitrogen and oxygen atoms in total. The highest BCUT2D eigenvalue weighted by Gasteiger charge is 2.35. The summed E-state index contributed by atoms with van der Waals surface area (Å²) in [6.45, 7) is 1.38. The van der Waals surface area contributed by atoms with Gasteiger partial charge in [-0.2, -0.15) is 0 Å². The van der Waals surface area contributed by atoms with E-state index in [0.29, 0.717) is 12.5 Å². The van der Waals surface area contributed by atoms with Gasteiger partial charge in [0.1, 0.15) is 5.75 Å². The predicted octanol–water partition coefficient (Wildman–Crippen LogP) is 4.09. The largest absolute Gasteiger partial charge is 0.497 e. The van der Waals surface area contributed by atoms with Crippen LogP contribution >= 0.6 is 0 Å². The number of methoxy groups -OCH3 is 1. The molecule has 1 aromatic heterocycles. The van der Waals surface area contributed by atoms with Gasteiger partial charge in [-0.25, -0.2) is 0 Å². The summed E-state index contributed by atoms with van der Waals surface area (Å²) in [5.41, 5.74) is 4.81. The van der Waals surface area contributed by atoms with E-state index in [-0.39, 0.29) is 5.91 Å². The van der Waals surface area contributed by atoms with E-state index in [4.69, 9.17) is 4.74 Å². The average molecular weight is 348 g/mol. The molecule has 2 aromatic rings. The Hall–Kier alpha value is -2.62. The highest BCUT2D eigenvalue weighted by molar-refractivity contribution is 5.95. The summed E-state index contributed by atoms with van der Waals surface area (Å²) in [5.74, 6) is 1.36. The van der Waals surface area contributed by atoms with Crippen molar-refractivity contribution in [3.8, 4) is 5.75 Å². The smallest absolute Gasteiger partial charge is 0.250 e. The van der Waals surface area contributed by atoms with Crippen molar-refractivity contribution in [3.63, 3.8) is 0 Å². The molecule has 1 amide bonds. The first-order chi connectivity index (χ1) is 12.8. The van der Waals surface area contributed by atoms with Crippen LogP contribution in [-0.2, 0) is 11.3 Å². The fourth-order valence-corrected chi connectivity index (χ4v) is 4.15. The topological polar surface area (TPSA) is 42.4 Å². The maximum atomic E-state index is 13.1. The van der Waals surface area contributed by atoms with Gasteiger partial charge in [0.15, 0.2) is 0 Å². The third kappa shape index (κ3) is 3.24. The molecule has 0 N–H and O–H groups in total. The van der Waals surface area contributed by atoms with Crippen LogP contribution in [0.3, 0.4) is 0 Å². The first-order valence-electron chi connectivity index (χ1n) is 9.30. The van der Waals surface area contributed by atoms with Crippen LogP contribution in [0.5, 0.6) is 5.75 Å². The number of hydrogen-bond acceptors (Lipinski definition) is 3. The van der Waals surface area contributed by atoms with Crippen molar-refractivity contribution in [1.29, 1.82) is 0 Å². The van der Waals surface area contributed by atoms with E-state index in [0.717, 1.165) is 42.7 Å². The molecule has 1 aromatic carbocycles. The minimum Gasteiger partial charge on any atom is -0.497 e. The Morgan fingerprint density at radius 1 is 1.08 bits per heavy atom. The fourth-order valence-electron chi connectivity index (χ4n) is 4.15. The van der Waals surface area contributed by atoms with Gasteiger partial charge in [0.25, 0.3) is 0 Å². The van der Waals surface area contributed by atoms with Gasteiger partial charge < -0.3 is 9.64 Å². The van der Waals surface area contributed by atoms with Gasteiger partial charge in [-0.15, -0.1) is 0 Å². The zero-order valence-electron chi connectivity index (χ0n) is 15.1. The molecule has 1 aliphatic heterocycles. The second-order valence-corrected chi connectivity index (χ2v) is 7.08. The van der Waals surface area contributed by atoms with Crippen LogP contribution in [0.25, 0.3) is 0 Å². The van der Waals surface area contributed by atoms with Crippen molar-refractivity contribution in [3.05, 3.63) is 71.1 Å². The molecule has 2 aliphatic rings. The Morgan fingerprint density at radius 3 is 2.54 bits per heavy atom. The molecule has 0 fully saturated rings. The first kappa shape index (κ1) is 16.8. The van der Waals surface area contributed by atoms with Gasteiger partial charge in [-0.3, -0.25) is 9.78 Å². The van der Waals surface area contributed by atoms with Gasteiger partial charge in [-0.05, 0) is 61.1 Å². The van der Waals surface area contributed by atoms with Crippen LogP contribution in [0.2, 0.25) is 0 Å². The molecule has 0 saturated carbocycles. The molecule has 0 spiro atoms. The molecule has 1 unspecified atom stereocenters. The van der Waals surface area contributed by atoms with Gasteiger partial charge >= 0.3 is 0 Å². The Kier molecular flexibility index (Phi) is 4.74. The summed E-state index contributed by atoms with van der Waals surface area (Å²) in [4.78, 5) is 19.3. The van der Waals surface area contributed by atoms with Crippen molar-refractivity contribution in [2.75, 3.05) is 13.7 Å². The lowest BCUT2D eigenvalue weighted by Gasteiger charge is -2.38. The predicted molar refractivity (Wildman–Crippen MR) is 101 cm³/mol. The standard InChI is InChI=1S/C22H24N2O2/c1-26-18-8-6-16(7-9-18)14-24-15-21(17-10-12-23-13-11-17)19-4-2-3-5-20(19)22(24)25/h6-13,21H,2-5,14-15H2,1H3. The van der Waals surface area contributed by atoms with Gasteiger partial charge in [-0.1, -0.05) is 17.7 Å². The molecule has 4 heteroatoms. The molecule has 0 saturated heterocycles. The van der Waals surface area contributed by atoms with Crippen LogP contribution in [0.1, 0.15) is 42.7 Å². The summed E-state index contributed by atoms with van der Waals surface area (Å²) in [5, 5.41) is 0. The van der Waals surface area contributed by atoms with E-state index < -0.39 is 0 Å². The average Bonchev–Trinajstić information content (AvgIpc) is 2.71. The van der Waals surface area contributed by atoms with Crippen LogP contribution in [0.4, 0.5) is 0 Å². The molecular formula is C22H24N2O2. The maximum absolute atomic E-state index is 13.1. The highest BCUT2D eigenvalue weighted by Crippen LogP contribution is 2.40. The van der Waals surface area contributed by atoms with Crippen molar-refractivity contribution in [2.24, 2.45) is 0 Å². The summed E-state index contributed by atoms with van der Waals surface area (Å²) in [6.07, 6.45) is 7.96. The van der Waals surface area contributed by atoms with E-state index in [2.05, 4.69) is 17.1 Å². The lowest BCUT2D eigenvalue weighted by Crippen LogP contribution is -2.41. The van der Waals surface area contributed by atoms with Crippen LogP contribution < -0.4 is 4.74 Å². The normalized spacial score (nSPS) is 20.1. The third-order valence-corrected chi connectivity index (χ3v) is 5.52. The molecule has 0 radical (unpaired) electrons. The summed E-state index contributed by atoms with van der Waals surface area (Å²) < 4.78 is 5.23. The van der Waals surface area contributed by atoms with Gasteiger partial charge in [0.2, 0.25) is 5.91 Å². The van der Waals surface area contributed by atoms with E-state index in [1.807, 2.05) is 41.6 Å². The fraction of sp³-hybridized carbons (Fsp3) is 0.364. The molecule has 1 aliphatic carbocycles. The van der Waals surface area contributed by atoms with E-state index in [1.54, 1.807) is 7.11 Å². The minimum absolute atomic E-state index is 0.223. The molecule has 4 rings (SSSR count). The molecule has 0 bridgehead atoms. The van der Waals surface area contributed by atoms with E-state index in [9.17, 15) is 4.79 Å². The summed E-state index contributed by atoms with van der Waals surface area (Å²) in [6, 6.07) is 12.2. The Balaban J connectivity index is 1.64. The number of carbonyl (C=O) groups excluding carboxylic acids is 1. The Bertz CT molecular complexity index is 812. The monoisotopic (exact) mass is 348 g/mol. The van der Waals surface area contributed by atoms with E-state index >= 15 is 0 Å². The van der Waals surface area contributed by atoms with Crippen molar-refractivity contribution >= 4 is 5.91 Å².